The Kier molecular flexibility index (Phi) is 8.69. The molecule has 1 saturated heterocycles. The molecule has 5 atom stereocenters. The first kappa shape index (κ1) is 21.2. The number of urea groups is 1. The molecule has 1 heterocycles. The van der Waals surface area contributed by atoms with Crippen molar-refractivity contribution in [1.82, 2.24) is 10.3 Å². The monoisotopic (exact) mass is 363 g/mol. The van der Waals surface area contributed by atoms with Crippen molar-refractivity contribution in [2.75, 3.05) is 34.4 Å². The molecule has 0 saturated carbocycles. The van der Waals surface area contributed by atoms with Crippen LogP contribution in [0.5, 0.6) is 0 Å². The number of esters is 1. The molecular weight excluding hydrogens is 338 g/mol. The highest BCUT2D eigenvalue weighted by Crippen LogP contribution is 2.30. The van der Waals surface area contributed by atoms with Crippen molar-refractivity contribution in [3.63, 3.8) is 0 Å². The molecular formula is C14H25N3O8. The minimum atomic E-state index is -0.823. The highest BCUT2D eigenvalue weighted by molar-refractivity contribution is 5.73. The summed E-state index contributed by atoms with van der Waals surface area (Å²) in [6.07, 6.45) is -3.58. The van der Waals surface area contributed by atoms with Crippen LogP contribution < -0.4 is 5.32 Å². The Balaban J connectivity index is 2.85. The third kappa shape index (κ3) is 5.59. The smallest absolute Gasteiger partial charge is 0.340 e. The van der Waals surface area contributed by atoms with Crippen LogP contribution in [0.25, 0.3) is 0 Å². The van der Waals surface area contributed by atoms with E-state index in [4.69, 9.17) is 23.7 Å². The molecule has 0 aromatic heterocycles. The number of nitrogens with one attached hydrogen (secondary N) is 1. The van der Waals surface area contributed by atoms with Gasteiger partial charge in [0.2, 0.25) is 0 Å². The van der Waals surface area contributed by atoms with Crippen LogP contribution >= 0.6 is 0 Å². The van der Waals surface area contributed by atoms with Gasteiger partial charge in [0.05, 0.1) is 5.29 Å². The number of hydrogen-bond donors (Lipinski definition) is 1. The number of nitroso groups, excluding NO2 is 1. The lowest BCUT2D eigenvalue weighted by Crippen LogP contribution is -2.48. The maximum atomic E-state index is 11.6. The molecule has 1 aliphatic heterocycles. The summed E-state index contributed by atoms with van der Waals surface area (Å²) in [4.78, 5) is 33.3. The fourth-order valence-corrected chi connectivity index (χ4v) is 2.50. The lowest BCUT2D eigenvalue weighted by atomic mass is 10.1. The SMILES string of the molecule is CCOC1O[C@H]([C@@H](CNC(=O)N(C)N=O)OC)[C@H](OC)[C@H]1OC(C)=O. The topological polar surface area (TPSA) is 125 Å². The van der Waals surface area contributed by atoms with Gasteiger partial charge in [0.25, 0.3) is 0 Å². The van der Waals surface area contributed by atoms with E-state index < -0.39 is 42.7 Å². The van der Waals surface area contributed by atoms with Crippen LogP contribution in [0.15, 0.2) is 5.29 Å². The highest BCUT2D eigenvalue weighted by atomic mass is 16.7. The molecule has 2 amide bonds. The number of ether oxygens (including phenoxy) is 5. The molecule has 11 heteroatoms. The zero-order valence-electron chi connectivity index (χ0n) is 15.0. The minimum absolute atomic E-state index is 0.0192. The van der Waals surface area contributed by atoms with Gasteiger partial charge in [-0.15, -0.1) is 4.91 Å². The third-order valence-electron chi connectivity index (χ3n) is 3.65. The Morgan fingerprint density at radius 3 is 2.48 bits per heavy atom. The van der Waals surface area contributed by atoms with Crippen molar-refractivity contribution in [3.05, 3.63) is 4.91 Å². The molecule has 0 spiro atoms. The van der Waals surface area contributed by atoms with Gasteiger partial charge in [-0.25, -0.2) is 4.79 Å². The molecule has 1 aliphatic rings. The van der Waals surface area contributed by atoms with E-state index in [0.29, 0.717) is 11.6 Å². The number of methoxy groups -OCH3 is 2. The number of nitrogens with zero attached hydrogens (tertiary/aromatic N) is 2. The average Bonchev–Trinajstić information content (AvgIpc) is 2.91. The van der Waals surface area contributed by atoms with Crippen LogP contribution in [0.3, 0.4) is 0 Å². The van der Waals surface area contributed by atoms with Gasteiger partial charge in [-0.05, 0) is 6.92 Å². The van der Waals surface area contributed by atoms with Gasteiger partial charge in [0, 0.05) is 41.3 Å². The molecule has 0 bridgehead atoms. The van der Waals surface area contributed by atoms with Gasteiger partial charge < -0.3 is 29.0 Å². The number of hydrogen-bond acceptors (Lipinski definition) is 9. The van der Waals surface area contributed by atoms with E-state index in [1.54, 1.807) is 6.92 Å². The van der Waals surface area contributed by atoms with Crippen molar-refractivity contribution in [2.45, 2.75) is 44.6 Å². The fourth-order valence-electron chi connectivity index (χ4n) is 2.50. The van der Waals surface area contributed by atoms with Crippen LogP contribution in [0, 0.1) is 4.91 Å². The minimum Gasteiger partial charge on any atom is -0.454 e. The Morgan fingerprint density at radius 1 is 1.32 bits per heavy atom. The molecule has 0 radical (unpaired) electrons. The first-order valence-corrected chi connectivity index (χ1v) is 7.74. The second-order valence-electron chi connectivity index (χ2n) is 5.26. The summed E-state index contributed by atoms with van der Waals surface area (Å²) in [6, 6.07) is -0.693. The zero-order chi connectivity index (χ0) is 19.0. The van der Waals surface area contributed by atoms with Gasteiger partial charge in [-0.3, -0.25) is 4.79 Å². The van der Waals surface area contributed by atoms with E-state index >= 15 is 0 Å². The second kappa shape index (κ2) is 10.2. The Morgan fingerprint density at radius 2 is 2.00 bits per heavy atom. The van der Waals surface area contributed by atoms with Crippen LogP contribution in [0.4, 0.5) is 4.79 Å². The summed E-state index contributed by atoms with van der Waals surface area (Å²) in [5.41, 5.74) is 0. The Bertz CT molecular complexity index is 463. The maximum absolute atomic E-state index is 11.6. The van der Waals surface area contributed by atoms with Gasteiger partial charge in [0.1, 0.15) is 18.3 Å². The summed E-state index contributed by atoms with van der Waals surface area (Å²) in [5.74, 6) is -0.498. The third-order valence-corrected chi connectivity index (χ3v) is 3.65. The molecule has 144 valence electrons. The van der Waals surface area contributed by atoms with E-state index in [1.807, 2.05) is 0 Å². The normalized spacial score (nSPS) is 26.8. The summed E-state index contributed by atoms with van der Waals surface area (Å²) in [6.45, 7) is 3.42. The van der Waals surface area contributed by atoms with E-state index in [0.717, 1.165) is 0 Å². The molecule has 0 aliphatic carbocycles. The summed E-state index contributed by atoms with van der Waals surface area (Å²) >= 11 is 0. The van der Waals surface area contributed by atoms with Crippen LogP contribution in [0.2, 0.25) is 0 Å². The summed E-state index contributed by atoms with van der Waals surface area (Å²) < 4.78 is 27.3. The number of rotatable bonds is 9. The highest BCUT2D eigenvalue weighted by Gasteiger charge is 2.51. The number of carbonyl (C=O) groups is 2. The summed E-state index contributed by atoms with van der Waals surface area (Å²) in [7, 11) is 4.10. The van der Waals surface area contributed by atoms with Crippen molar-refractivity contribution in [3.8, 4) is 0 Å². The molecule has 0 aromatic rings. The van der Waals surface area contributed by atoms with E-state index in [-0.39, 0.29) is 6.54 Å². The molecule has 1 N–H and O–H groups in total. The number of amides is 2. The van der Waals surface area contributed by atoms with Crippen molar-refractivity contribution in [2.24, 2.45) is 5.29 Å². The second-order valence-corrected chi connectivity index (χ2v) is 5.26. The average molecular weight is 363 g/mol. The first-order valence-electron chi connectivity index (χ1n) is 7.74. The van der Waals surface area contributed by atoms with Crippen LogP contribution in [0.1, 0.15) is 13.8 Å². The van der Waals surface area contributed by atoms with Crippen molar-refractivity contribution in [1.29, 1.82) is 0 Å². The molecule has 11 nitrogen and oxygen atoms in total. The van der Waals surface area contributed by atoms with Crippen molar-refractivity contribution < 1.29 is 33.3 Å². The standard InChI is InChI=1S/C14H25N3O8/c1-6-23-13-12(24-8(2)18)11(22-5)10(25-13)9(21-4)7-15-14(19)17(3)16-20/h9-13H,6-7H2,1-5H3,(H,15,19)/t9-,10-,11+,12-,13?/m1/s1. The lowest BCUT2D eigenvalue weighted by molar-refractivity contribution is -0.191. The molecule has 25 heavy (non-hydrogen) atoms. The van der Waals surface area contributed by atoms with Crippen LogP contribution in [-0.2, 0) is 28.5 Å². The predicted octanol–water partition coefficient (Wildman–Crippen LogP) is 0.0323. The van der Waals surface area contributed by atoms with Gasteiger partial charge in [-0.2, -0.15) is 5.01 Å². The Labute approximate surface area is 145 Å². The van der Waals surface area contributed by atoms with E-state index in [2.05, 4.69) is 10.6 Å². The zero-order valence-corrected chi connectivity index (χ0v) is 15.0. The van der Waals surface area contributed by atoms with Crippen molar-refractivity contribution >= 4 is 12.0 Å². The molecule has 1 unspecified atom stereocenters. The quantitative estimate of drug-likeness (QED) is 0.346. The molecule has 1 fully saturated rings. The van der Waals surface area contributed by atoms with E-state index in [1.165, 1.54) is 28.2 Å². The van der Waals surface area contributed by atoms with Gasteiger partial charge in [-0.1, -0.05) is 0 Å². The van der Waals surface area contributed by atoms with E-state index in [9.17, 15) is 14.5 Å². The van der Waals surface area contributed by atoms with Gasteiger partial charge in [0.15, 0.2) is 12.4 Å². The maximum Gasteiger partial charge on any atom is 0.340 e. The Hall–Kier alpha value is -1.82. The predicted molar refractivity (Wildman–Crippen MR) is 84.4 cm³/mol. The van der Waals surface area contributed by atoms with Crippen LogP contribution in [-0.4, -0.2) is 82.1 Å². The largest absolute Gasteiger partial charge is 0.454 e. The molecule has 1 rings (SSSR count). The van der Waals surface area contributed by atoms with Gasteiger partial charge >= 0.3 is 12.0 Å². The lowest BCUT2D eigenvalue weighted by Gasteiger charge is -2.27. The fraction of sp³-hybridized carbons (Fsp3) is 0.857. The number of carbonyl (C=O) groups excluding carboxylic acids is 2. The summed E-state index contributed by atoms with van der Waals surface area (Å²) in [5, 5.41) is 5.60. The molecule has 0 aromatic carbocycles. The first-order chi connectivity index (χ1) is 11.9.